The molecule has 1 amide bonds. The number of carbonyl (C=O) groups excluding carboxylic acids is 1. The largest absolute Gasteiger partial charge is 0.464 e. The van der Waals surface area contributed by atoms with Crippen LogP contribution in [0.15, 0.2) is 0 Å². The molecular weight excluding hydrogens is 110 g/mol. The van der Waals surface area contributed by atoms with Gasteiger partial charge in [-0.25, -0.2) is 0 Å². The summed E-state index contributed by atoms with van der Waals surface area (Å²) < 4.78 is 0. The van der Waals surface area contributed by atoms with Gasteiger partial charge in [0.1, 0.15) is 0 Å². The lowest BCUT2D eigenvalue weighted by Crippen LogP contribution is -2.30. The Bertz CT molecular complexity index is 84.6. The Kier molecular flexibility index (Phi) is 3.09. The predicted molar refractivity (Wildman–Crippen MR) is 26.2 cm³/mol. The molecule has 5 nitrogen and oxygen atoms in total. The van der Waals surface area contributed by atoms with Crippen molar-refractivity contribution in [1.29, 1.82) is 0 Å². The fraction of sp³-hybridized carbons (Fsp3) is 0.333. The number of nitrogens with one attached hydrogen (secondary N) is 1. The van der Waals surface area contributed by atoms with Gasteiger partial charge in [-0.1, -0.05) is 6.42 Å². The number of hydrogen-bond acceptors (Lipinski definition) is 4. The number of nitrogens with two attached hydrogens (primary N) is 2. The third-order valence-electron chi connectivity index (χ3n) is 0.508. The van der Waals surface area contributed by atoms with Crippen LogP contribution in [0.4, 0.5) is 0 Å². The van der Waals surface area contributed by atoms with E-state index in [4.69, 9.17) is 10.9 Å². The number of primary amides is 1. The lowest BCUT2D eigenvalue weighted by atomic mass is 10.3. The van der Waals surface area contributed by atoms with Crippen LogP contribution in [0.5, 0.6) is 0 Å². The van der Waals surface area contributed by atoms with Crippen molar-refractivity contribution in [2.24, 2.45) is 11.5 Å². The Morgan fingerprint density at radius 1 is 1.88 bits per heavy atom. The zero-order chi connectivity index (χ0) is 6.57. The quantitative estimate of drug-likeness (QED) is 0.262. The van der Waals surface area contributed by atoms with Crippen LogP contribution in [0.1, 0.15) is 6.42 Å². The summed E-state index contributed by atoms with van der Waals surface area (Å²) in [6, 6.07) is 0. The maximum Gasteiger partial charge on any atom is 0.190 e. The highest BCUT2D eigenvalue weighted by atomic mass is 16.5. The molecule has 0 aromatic carbocycles. The molecule has 0 atom stereocenters. The van der Waals surface area contributed by atoms with Crippen molar-refractivity contribution < 1.29 is 10.0 Å². The summed E-state index contributed by atoms with van der Waals surface area (Å²) in [6.07, 6.45) is -0.186. The Hall–Kier alpha value is -0.650. The zero-order valence-corrected chi connectivity index (χ0v) is 4.22. The van der Waals surface area contributed by atoms with Crippen LogP contribution in [0.25, 0.3) is 0 Å². The van der Waals surface area contributed by atoms with Crippen LogP contribution in [0.3, 0.4) is 0 Å². The van der Waals surface area contributed by atoms with Gasteiger partial charge >= 0.3 is 0 Å². The van der Waals surface area contributed by atoms with Crippen LogP contribution < -0.4 is 16.9 Å². The first-order valence-electron chi connectivity index (χ1n) is 1.96. The van der Waals surface area contributed by atoms with Gasteiger partial charge < -0.3 is 22.2 Å². The van der Waals surface area contributed by atoms with E-state index in [-0.39, 0.29) is 12.6 Å². The van der Waals surface area contributed by atoms with Crippen LogP contribution in [-0.2, 0) is 4.79 Å². The summed E-state index contributed by atoms with van der Waals surface area (Å²) in [4.78, 5) is 9.94. The smallest absolute Gasteiger partial charge is 0.190 e. The molecule has 0 unspecified atom stereocenters. The van der Waals surface area contributed by atoms with E-state index in [1.54, 1.807) is 5.48 Å². The van der Waals surface area contributed by atoms with Crippen molar-refractivity contribution in [2.75, 3.05) is 0 Å². The molecule has 0 aromatic rings. The van der Waals surface area contributed by atoms with E-state index < -0.39 is 5.91 Å². The van der Waals surface area contributed by atoms with Crippen LogP contribution in [-0.4, -0.2) is 11.1 Å². The highest BCUT2D eigenvalue weighted by Gasteiger charge is 1.88. The average Bonchev–Trinajstić information content (AvgIpc) is 1.65. The second-order valence-electron chi connectivity index (χ2n) is 1.28. The third kappa shape index (κ3) is 3.54. The summed E-state index contributed by atoms with van der Waals surface area (Å²) in [5, 5.41) is 7.96. The topological polar surface area (TPSA) is 101 Å². The molecule has 48 valence electrons. The van der Waals surface area contributed by atoms with Gasteiger partial charge in [0.05, 0.1) is 0 Å². The first kappa shape index (κ1) is 7.35. The first-order valence-corrected chi connectivity index (χ1v) is 1.96. The van der Waals surface area contributed by atoms with E-state index in [0.717, 1.165) is 0 Å². The Labute approximate surface area is 46.6 Å². The first-order chi connectivity index (χ1) is 3.66. The van der Waals surface area contributed by atoms with Gasteiger partial charge in [0.15, 0.2) is 5.91 Å². The van der Waals surface area contributed by atoms with Crippen molar-refractivity contribution in [2.45, 2.75) is 6.42 Å². The minimum absolute atomic E-state index is 0.0440. The molecule has 5 heteroatoms. The molecule has 0 bridgehead atoms. The number of hydroxylamine groups is 1. The number of hydrogen-bond donors (Lipinski definition) is 4. The van der Waals surface area contributed by atoms with Gasteiger partial charge in [-0.3, -0.25) is 4.79 Å². The molecule has 0 aliphatic carbocycles. The highest BCUT2D eigenvalue weighted by molar-refractivity contribution is 5.75. The number of carbonyl (C=O) groups is 1. The zero-order valence-electron chi connectivity index (χ0n) is 4.22. The van der Waals surface area contributed by atoms with Crippen LogP contribution in [0, 0.1) is 6.17 Å². The minimum atomic E-state index is -0.580. The molecule has 8 heavy (non-hydrogen) atoms. The summed E-state index contributed by atoms with van der Waals surface area (Å²) in [7, 11) is 0. The molecule has 0 saturated heterocycles. The van der Waals surface area contributed by atoms with Gasteiger partial charge in [-0.15, -0.1) is 0 Å². The van der Waals surface area contributed by atoms with Crippen LogP contribution >= 0.6 is 0 Å². The lowest BCUT2D eigenvalue weighted by Gasteiger charge is -2.19. The normalized spacial score (nSPS) is 9.88. The van der Waals surface area contributed by atoms with Crippen molar-refractivity contribution in [1.82, 2.24) is 5.48 Å². The van der Waals surface area contributed by atoms with Gasteiger partial charge in [0.2, 0.25) is 0 Å². The number of amides is 1. The van der Waals surface area contributed by atoms with E-state index in [2.05, 4.69) is 5.73 Å². The standard InChI is InChI=1S/C3H8N3O2/c4-2(6-8)1-3(5)7/h6,8H,1,4H2,(H2,5,7)/q-1. The van der Waals surface area contributed by atoms with Gasteiger partial charge in [0, 0.05) is 0 Å². The number of rotatable bonds is 3. The molecule has 0 spiro atoms. The van der Waals surface area contributed by atoms with E-state index in [9.17, 15) is 4.79 Å². The summed E-state index contributed by atoms with van der Waals surface area (Å²) in [6.45, 7) is 0. The van der Waals surface area contributed by atoms with Crippen LogP contribution in [0.2, 0.25) is 0 Å². The predicted octanol–water partition coefficient (Wildman–Crippen LogP) is -1.71. The molecule has 0 fully saturated rings. The Balaban J connectivity index is 3.24. The monoisotopic (exact) mass is 118 g/mol. The summed E-state index contributed by atoms with van der Waals surface area (Å²) in [5.74, 6) is -0.580. The molecule has 0 aromatic heterocycles. The molecule has 0 rings (SSSR count). The van der Waals surface area contributed by atoms with E-state index in [1.807, 2.05) is 0 Å². The molecule has 0 aliphatic heterocycles. The highest BCUT2D eigenvalue weighted by Crippen LogP contribution is 1.86. The van der Waals surface area contributed by atoms with Gasteiger partial charge in [0.25, 0.3) is 0 Å². The minimum Gasteiger partial charge on any atom is -0.464 e. The SMILES string of the molecule is NC(=O)C[C-](N)NO. The molecule has 0 heterocycles. The maximum atomic E-state index is 9.94. The van der Waals surface area contributed by atoms with Crippen molar-refractivity contribution >= 4 is 5.91 Å². The molecule has 0 aliphatic rings. The summed E-state index contributed by atoms with van der Waals surface area (Å²) in [5.41, 5.74) is 11.2. The van der Waals surface area contributed by atoms with Crippen molar-refractivity contribution in [3.05, 3.63) is 6.17 Å². The average molecular weight is 118 g/mol. The maximum absolute atomic E-state index is 9.94. The molecule has 0 saturated carbocycles. The van der Waals surface area contributed by atoms with E-state index >= 15 is 0 Å². The van der Waals surface area contributed by atoms with E-state index in [0.29, 0.717) is 0 Å². The molecule has 6 N–H and O–H groups in total. The van der Waals surface area contributed by atoms with Gasteiger partial charge in [-0.05, 0) is 0 Å². The van der Waals surface area contributed by atoms with Crippen molar-refractivity contribution in [3.63, 3.8) is 0 Å². The van der Waals surface area contributed by atoms with Crippen molar-refractivity contribution in [3.8, 4) is 0 Å². The van der Waals surface area contributed by atoms with E-state index in [1.165, 1.54) is 0 Å². The Morgan fingerprint density at radius 2 is 2.38 bits per heavy atom. The molecular formula is C3H8N3O2-. The lowest BCUT2D eigenvalue weighted by molar-refractivity contribution is -0.118. The molecule has 0 radical (unpaired) electrons. The van der Waals surface area contributed by atoms with Gasteiger partial charge in [-0.2, -0.15) is 6.17 Å². The third-order valence-corrected chi connectivity index (χ3v) is 0.508. The fourth-order valence-corrected chi connectivity index (χ4v) is 0.227. The Morgan fingerprint density at radius 3 is 2.50 bits per heavy atom. The second kappa shape index (κ2) is 3.36. The fourth-order valence-electron chi connectivity index (χ4n) is 0.227. The second-order valence-corrected chi connectivity index (χ2v) is 1.28. The summed E-state index contributed by atoms with van der Waals surface area (Å²) >= 11 is 0.